The van der Waals surface area contributed by atoms with Gasteiger partial charge in [0.1, 0.15) is 0 Å². The van der Waals surface area contributed by atoms with Crippen LogP contribution in [0.2, 0.25) is 0 Å². The maximum atomic E-state index is 6.68. The Morgan fingerprint density at radius 3 is 2.44 bits per heavy atom. The van der Waals surface area contributed by atoms with Gasteiger partial charge < -0.3 is 10.6 Å². The Morgan fingerprint density at radius 2 is 1.63 bits per heavy atom. The number of hydrogen-bond acceptors (Lipinski definition) is 4. The van der Waals surface area contributed by atoms with Gasteiger partial charge in [-0.3, -0.25) is 9.88 Å². The van der Waals surface area contributed by atoms with Gasteiger partial charge in [0, 0.05) is 60.2 Å². The lowest BCUT2D eigenvalue weighted by Crippen LogP contribution is -2.48. The fourth-order valence-corrected chi connectivity index (χ4v) is 4.77. The molecule has 1 atom stereocenters. The van der Waals surface area contributed by atoms with Crippen LogP contribution in [0.4, 0.5) is 11.4 Å². The van der Waals surface area contributed by atoms with Gasteiger partial charge in [-0.05, 0) is 37.5 Å². The lowest BCUT2D eigenvalue weighted by molar-refractivity contribution is 0.168. The van der Waals surface area contributed by atoms with Crippen molar-refractivity contribution in [1.82, 2.24) is 9.88 Å². The Hall–Kier alpha value is -2.59. The second-order valence-corrected chi connectivity index (χ2v) is 7.67. The maximum absolute atomic E-state index is 6.68. The Morgan fingerprint density at radius 1 is 0.889 bits per heavy atom. The van der Waals surface area contributed by atoms with Crippen molar-refractivity contribution in [3.05, 3.63) is 65.9 Å². The Labute approximate surface area is 160 Å². The van der Waals surface area contributed by atoms with Gasteiger partial charge in [-0.2, -0.15) is 0 Å². The second kappa shape index (κ2) is 6.86. The van der Waals surface area contributed by atoms with E-state index in [4.69, 9.17) is 10.7 Å². The molecule has 1 aliphatic heterocycles. The molecule has 5 rings (SSSR count). The molecule has 1 aromatic heterocycles. The summed E-state index contributed by atoms with van der Waals surface area (Å²) >= 11 is 0. The van der Waals surface area contributed by atoms with E-state index in [1.807, 2.05) is 6.07 Å². The highest BCUT2D eigenvalue weighted by Crippen LogP contribution is 2.40. The SMILES string of the molecule is Nc1c2c(nc3ccccc13)CCCC2N1CCN(c2ccccc2)CC1. The minimum Gasteiger partial charge on any atom is -0.398 e. The first-order valence-corrected chi connectivity index (χ1v) is 10.0. The van der Waals surface area contributed by atoms with Gasteiger partial charge in [-0.15, -0.1) is 0 Å². The summed E-state index contributed by atoms with van der Waals surface area (Å²) in [6, 6.07) is 19.4. The molecule has 0 bridgehead atoms. The zero-order chi connectivity index (χ0) is 18.2. The standard InChI is InChI=1S/C23H26N4/c24-23-18-9-4-5-10-19(18)25-20-11-6-12-21(22(20)23)27-15-13-26(14-16-27)17-7-2-1-3-8-17/h1-5,7-10,21H,6,11-16H2,(H2,24,25). The quantitative estimate of drug-likeness (QED) is 0.752. The summed E-state index contributed by atoms with van der Waals surface area (Å²) < 4.78 is 0. The number of nitrogens with two attached hydrogens (primary N) is 1. The molecule has 2 heterocycles. The topological polar surface area (TPSA) is 45.4 Å². The van der Waals surface area contributed by atoms with Gasteiger partial charge in [0.2, 0.25) is 0 Å². The van der Waals surface area contributed by atoms with E-state index in [0.717, 1.165) is 49.2 Å². The molecule has 27 heavy (non-hydrogen) atoms. The zero-order valence-corrected chi connectivity index (χ0v) is 15.6. The average Bonchev–Trinajstić information content (AvgIpc) is 2.74. The molecule has 1 fully saturated rings. The lowest BCUT2D eigenvalue weighted by atomic mass is 9.87. The van der Waals surface area contributed by atoms with Crippen molar-refractivity contribution < 1.29 is 0 Å². The third-order valence-corrected chi connectivity index (χ3v) is 6.15. The number of nitrogens with zero attached hydrogens (tertiary/aromatic N) is 3. The summed E-state index contributed by atoms with van der Waals surface area (Å²) in [5, 5.41) is 1.10. The van der Waals surface area contributed by atoms with Crippen molar-refractivity contribution in [3.63, 3.8) is 0 Å². The molecule has 3 aromatic rings. The zero-order valence-electron chi connectivity index (χ0n) is 15.6. The summed E-state index contributed by atoms with van der Waals surface area (Å²) in [4.78, 5) is 10.1. The number of pyridine rings is 1. The summed E-state index contributed by atoms with van der Waals surface area (Å²) in [5.74, 6) is 0. The van der Waals surface area contributed by atoms with Crippen LogP contribution in [-0.4, -0.2) is 36.1 Å². The van der Waals surface area contributed by atoms with E-state index in [9.17, 15) is 0 Å². The monoisotopic (exact) mass is 358 g/mol. The predicted octanol–water partition coefficient (Wildman–Crippen LogP) is 4.02. The predicted molar refractivity (Wildman–Crippen MR) is 112 cm³/mol. The molecule has 138 valence electrons. The summed E-state index contributed by atoms with van der Waals surface area (Å²) in [6.07, 6.45) is 3.43. The third-order valence-electron chi connectivity index (χ3n) is 6.15. The van der Waals surface area contributed by atoms with Gasteiger partial charge in [-0.25, -0.2) is 0 Å². The van der Waals surface area contributed by atoms with E-state index in [0.29, 0.717) is 6.04 Å². The van der Waals surface area contributed by atoms with Crippen molar-refractivity contribution in [2.45, 2.75) is 25.3 Å². The number of benzene rings is 2. The highest BCUT2D eigenvalue weighted by molar-refractivity contribution is 5.92. The molecule has 1 unspecified atom stereocenters. The number of fused-ring (bicyclic) bond motifs is 2. The number of rotatable bonds is 2. The molecular formula is C23H26N4. The van der Waals surface area contributed by atoms with Crippen LogP contribution < -0.4 is 10.6 Å². The Bertz CT molecular complexity index is 945. The normalized spacial score (nSPS) is 20.6. The molecular weight excluding hydrogens is 332 g/mol. The first-order valence-electron chi connectivity index (χ1n) is 10.0. The molecule has 2 aromatic carbocycles. The molecule has 0 saturated carbocycles. The van der Waals surface area contributed by atoms with Gasteiger partial charge in [0.15, 0.2) is 0 Å². The van der Waals surface area contributed by atoms with Crippen molar-refractivity contribution in [2.75, 3.05) is 36.8 Å². The minimum absolute atomic E-state index is 0.406. The molecule has 0 radical (unpaired) electrons. The number of hydrogen-bond donors (Lipinski definition) is 1. The number of aryl methyl sites for hydroxylation is 1. The molecule has 2 N–H and O–H groups in total. The largest absolute Gasteiger partial charge is 0.398 e. The van der Waals surface area contributed by atoms with E-state index in [1.165, 1.54) is 29.8 Å². The summed E-state index contributed by atoms with van der Waals surface area (Å²) in [7, 11) is 0. The van der Waals surface area contributed by atoms with Crippen LogP contribution in [0.5, 0.6) is 0 Å². The molecule has 1 saturated heterocycles. The fraction of sp³-hybridized carbons (Fsp3) is 0.348. The van der Waals surface area contributed by atoms with Crippen molar-refractivity contribution >= 4 is 22.3 Å². The lowest BCUT2D eigenvalue weighted by Gasteiger charge is -2.42. The minimum atomic E-state index is 0.406. The van der Waals surface area contributed by atoms with Crippen LogP contribution >= 0.6 is 0 Å². The Kier molecular flexibility index (Phi) is 4.21. The summed E-state index contributed by atoms with van der Waals surface area (Å²) in [6.45, 7) is 4.28. The van der Waals surface area contributed by atoms with E-state index in [2.05, 4.69) is 58.3 Å². The number of anilines is 2. The molecule has 0 spiro atoms. The Balaban J connectivity index is 1.42. The van der Waals surface area contributed by atoms with Crippen molar-refractivity contribution in [1.29, 1.82) is 0 Å². The molecule has 0 amide bonds. The molecule has 4 nitrogen and oxygen atoms in total. The van der Waals surface area contributed by atoms with Crippen LogP contribution in [-0.2, 0) is 6.42 Å². The second-order valence-electron chi connectivity index (χ2n) is 7.67. The molecule has 4 heteroatoms. The average molecular weight is 358 g/mol. The van der Waals surface area contributed by atoms with Crippen LogP contribution in [0.15, 0.2) is 54.6 Å². The summed E-state index contributed by atoms with van der Waals surface area (Å²) in [5.41, 5.74) is 12.5. The van der Waals surface area contributed by atoms with Gasteiger partial charge in [0.05, 0.1) is 5.52 Å². The van der Waals surface area contributed by atoms with Crippen LogP contribution in [0.1, 0.15) is 30.1 Å². The van der Waals surface area contributed by atoms with Crippen molar-refractivity contribution in [2.24, 2.45) is 0 Å². The van der Waals surface area contributed by atoms with Crippen LogP contribution in [0, 0.1) is 0 Å². The fourth-order valence-electron chi connectivity index (χ4n) is 4.77. The van der Waals surface area contributed by atoms with Crippen LogP contribution in [0.3, 0.4) is 0 Å². The smallest absolute Gasteiger partial charge is 0.0726 e. The van der Waals surface area contributed by atoms with E-state index in [-0.39, 0.29) is 0 Å². The molecule has 2 aliphatic rings. The number of nitrogen functional groups attached to an aromatic ring is 1. The highest BCUT2D eigenvalue weighted by atomic mass is 15.3. The van der Waals surface area contributed by atoms with E-state index >= 15 is 0 Å². The van der Waals surface area contributed by atoms with E-state index in [1.54, 1.807) is 0 Å². The third kappa shape index (κ3) is 2.94. The van der Waals surface area contributed by atoms with Gasteiger partial charge in [0.25, 0.3) is 0 Å². The number of piperazine rings is 1. The number of para-hydroxylation sites is 2. The first-order chi connectivity index (χ1) is 13.3. The maximum Gasteiger partial charge on any atom is 0.0726 e. The van der Waals surface area contributed by atoms with E-state index < -0.39 is 0 Å². The highest BCUT2D eigenvalue weighted by Gasteiger charge is 2.31. The van der Waals surface area contributed by atoms with Crippen LogP contribution in [0.25, 0.3) is 10.9 Å². The van der Waals surface area contributed by atoms with Crippen molar-refractivity contribution in [3.8, 4) is 0 Å². The molecule has 1 aliphatic carbocycles. The van der Waals surface area contributed by atoms with Gasteiger partial charge >= 0.3 is 0 Å². The number of aromatic nitrogens is 1. The first kappa shape index (κ1) is 16.6. The van der Waals surface area contributed by atoms with Gasteiger partial charge in [-0.1, -0.05) is 36.4 Å².